The molecule has 0 radical (unpaired) electrons. The minimum Gasteiger partial charge on any atom is -0.507 e. The molecular weight excluding hydrogens is 492 g/mol. The second-order valence-electron chi connectivity index (χ2n) is 8.55. The van der Waals surface area contributed by atoms with Gasteiger partial charge in [-0.15, -0.1) is 0 Å². The van der Waals surface area contributed by atoms with Crippen LogP contribution in [0.25, 0.3) is 16.0 Å². The van der Waals surface area contributed by atoms with E-state index in [1.54, 1.807) is 43.3 Å². The Morgan fingerprint density at radius 2 is 1.89 bits per heavy atom. The molecule has 1 fully saturated rings. The van der Waals surface area contributed by atoms with Crippen molar-refractivity contribution in [2.75, 3.05) is 18.1 Å². The van der Waals surface area contributed by atoms with Crippen molar-refractivity contribution in [3.8, 4) is 11.5 Å². The summed E-state index contributed by atoms with van der Waals surface area (Å²) in [7, 11) is 0. The summed E-state index contributed by atoms with van der Waals surface area (Å²) in [4.78, 5) is 32.7. The number of nitrogens with zero attached hydrogens (tertiary/aromatic N) is 2. The number of aliphatic hydroxyl groups excluding tert-OH is 1. The quantitative estimate of drug-likeness (QED) is 0.173. The zero-order chi connectivity index (χ0) is 26.1. The van der Waals surface area contributed by atoms with Crippen molar-refractivity contribution in [3.05, 3.63) is 77.3 Å². The first-order chi connectivity index (χ1) is 17.9. The van der Waals surface area contributed by atoms with Crippen LogP contribution in [-0.2, 0) is 9.59 Å². The molecule has 3 heterocycles. The number of hydrogen-bond donors (Lipinski definition) is 1. The molecule has 0 aliphatic carbocycles. The Hall–Kier alpha value is -4.11. The molecular formula is C28H26N2O6S. The fraction of sp³-hybridized carbons (Fsp3) is 0.250. The molecule has 9 heteroatoms. The number of ketones is 1. The van der Waals surface area contributed by atoms with E-state index in [9.17, 15) is 14.7 Å². The standard InChI is InChI=1S/C28H26N2O6S/c1-4-13-35-18-8-6-7-17(14-18)25(31)23-24(21-12-9-16(3)36-21)30(27(33)26(23)32)28-29-20-11-10-19(34-5-2)15-22(20)37-28/h6-12,14-15,24,31H,4-5,13H2,1-3H3/b25-23+. The summed E-state index contributed by atoms with van der Waals surface area (Å²) in [6, 6.07) is 14.8. The molecule has 1 unspecified atom stereocenters. The molecule has 1 amide bonds. The monoisotopic (exact) mass is 518 g/mol. The number of ether oxygens (including phenoxy) is 2. The number of aryl methyl sites for hydroxylation is 1. The highest BCUT2D eigenvalue weighted by Crippen LogP contribution is 2.45. The van der Waals surface area contributed by atoms with E-state index in [2.05, 4.69) is 4.98 Å². The van der Waals surface area contributed by atoms with Crippen molar-refractivity contribution in [1.82, 2.24) is 4.98 Å². The number of Topliss-reactive ketones (excluding diaryl/α,β-unsaturated/α-hetero) is 1. The van der Waals surface area contributed by atoms with Crippen LogP contribution in [0, 0.1) is 6.92 Å². The molecule has 0 saturated carbocycles. The Balaban J connectivity index is 1.64. The molecule has 0 bridgehead atoms. The molecule has 190 valence electrons. The van der Waals surface area contributed by atoms with E-state index in [1.807, 2.05) is 32.0 Å². The van der Waals surface area contributed by atoms with Crippen LogP contribution in [0.1, 0.15) is 43.4 Å². The Bertz CT molecular complexity index is 1520. The number of aromatic nitrogens is 1. The number of anilines is 1. The summed E-state index contributed by atoms with van der Waals surface area (Å²) >= 11 is 1.26. The zero-order valence-electron chi connectivity index (χ0n) is 20.7. The number of benzene rings is 2. The second-order valence-corrected chi connectivity index (χ2v) is 9.56. The number of carbonyl (C=O) groups is 2. The largest absolute Gasteiger partial charge is 0.507 e. The SMILES string of the molecule is CCCOc1cccc(/C(O)=C2\C(=O)C(=O)N(c3nc4ccc(OCC)cc4s3)C2c2ccc(C)o2)c1. The second kappa shape index (κ2) is 10.1. The first-order valence-corrected chi connectivity index (χ1v) is 12.9. The van der Waals surface area contributed by atoms with Crippen molar-refractivity contribution in [1.29, 1.82) is 0 Å². The van der Waals surface area contributed by atoms with Gasteiger partial charge in [0.25, 0.3) is 5.78 Å². The van der Waals surface area contributed by atoms with E-state index in [0.29, 0.717) is 52.4 Å². The van der Waals surface area contributed by atoms with Crippen molar-refractivity contribution >= 4 is 44.1 Å². The zero-order valence-corrected chi connectivity index (χ0v) is 21.5. The van der Waals surface area contributed by atoms with E-state index in [1.165, 1.54) is 16.2 Å². The summed E-state index contributed by atoms with van der Waals surface area (Å²) in [6.45, 7) is 6.71. The van der Waals surface area contributed by atoms with Gasteiger partial charge in [-0.1, -0.05) is 30.4 Å². The maximum Gasteiger partial charge on any atom is 0.302 e. The normalized spacial score (nSPS) is 17.1. The molecule has 2 aromatic heterocycles. The van der Waals surface area contributed by atoms with Crippen LogP contribution in [-0.4, -0.2) is 35.0 Å². The number of thiazole rings is 1. The van der Waals surface area contributed by atoms with Gasteiger partial charge in [0.15, 0.2) is 5.13 Å². The van der Waals surface area contributed by atoms with E-state index < -0.39 is 17.7 Å². The third-order valence-electron chi connectivity index (χ3n) is 5.92. The van der Waals surface area contributed by atoms with E-state index >= 15 is 0 Å². The highest BCUT2D eigenvalue weighted by Gasteiger charge is 2.49. The maximum atomic E-state index is 13.4. The highest BCUT2D eigenvalue weighted by molar-refractivity contribution is 7.22. The lowest BCUT2D eigenvalue weighted by Crippen LogP contribution is -2.29. The smallest absolute Gasteiger partial charge is 0.302 e. The molecule has 1 atom stereocenters. The van der Waals surface area contributed by atoms with Crippen LogP contribution in [0.4, 0.5) is 5.13 Å². The predicted molar refractivity (Wildman–Crippen MR) is 141 cm³/mol. The minimum absolute atomic E-state index is 0.0683. The lowest BCUT2D eigenvalue weighted by atomic mass is 9.99. The molecule has 37 heavy (non-hydrogen) atoms. The molecule has 1 N–H and O–H groups in total. The van der Waals surface area contributed by atoms with Gasteiger partial charge in [0.1, 0.15) is 34.8 Å². The van der Waals surface area contributed by atoms with Gasteiger partial charge in [-0.3, -0.25) is 14.5 Å². The number of amides is 1. The van der Waals surface area contributed by atoms with Crippen molar-refractivity contribution in [2.45, 2.75) is 33.2 Å². The van der Waals surface area contributed by atoms with Crippen LogP contribution in [0.3, 0.4) is 0 Å². The number of hydrogen-bond acceptors (Lipinski definition) is 8. The number of rotatable bonds is 8. The Kier molecular flexibility index (Phi) is 6.71. The number of carbonyl (C=O) groups excluding carboxylic acids is 2. The van der Waals surface area contributed by atoms with E-state index in [4.69, 9.17) is 13.9 Å². The molecule has 5 rings (SSSR count). The van der Waals surface area contributed by atoms with Gasteiger partial charge in [0, 0.05) is 5.56 Å². The number of aliphatic hydroxyl groups is 1. The maximum absolute atomic E-state index is 13.4. The third kappa shape index (κ3) is 4.58. The number of furan rings is 1. The van der Waals surface area contributed by atoms with Crippen LogP contribution >= 0.6 is 11.3 Å². The van der Waals surface area contributed by atoms with Gasteiger partial charge in [-0.05, 0) is 62.7 Å². The van der Waals surface area contributed by atoms with E-state index in [-0.39, 0.29) is 11.3 Å². The van der Waals surface area contributed by atoms with Gasteiger partial charge in [-0.2, -0.15) is 0 Å². The Labute approximate surface area is 217 Å². The molecule has 1 aliphatic heterocycles. The summed E-state index contributed by atoms with van der Waals surface area (Å²) in [5, 5.41) is 11.7. The van der Waals surface area contributed by atoms with Crippen LogP contribution in [0.15, 0.2) is 64.6 Å². The molecule has 1 saturated heterocycles. The van der Waals surface area contributed by atoms with Crippen LogP contribution in [0.2, 0.25) is 0 Å². The number of fused-ring (bicyclic) bond motifs is 1. The Morgan fingerprint density at radius 3 is 2.62 bits per heavy atom. The van der Waals surface area contributed by atoms with Crippen LogP contribution in [0.5, 0.6) is 11.5 Å². The van der Waals surface area contributed by atoms with Crippen molar-refractivity contribution in [3.63, 3.8) is 0 Å². The topological polar surface area (TPSA) is 102 Å². The molecule has 8 nitrogen and oxygen atoms in total. The highest BCUT2D eigenvalue weighted by atomic mass is 32.1. The average Bonchev–Trinajstić information content (AvgIpc) is 3.58. The summed E-state index contributed by atoms with van der Waals surface area (Å²) in [6.07, 6.45) is 0.827. The van der Waals surface area contributed by atoms with Crippen molar-refractivity contribution < 1.29 is 28.6 Å². The van der Waals surface area contributed by atoms with Gasteiger partial charge < -0.3 is 19.0 Å². The van der Waals surface area contributed by atoms with Gasteiger partial charge in [0.05, 0.1) is 29.0 Å². The molecule has 0 spiro atoms. The third-order valence-corrected chi connectivity index (χ3v) is 6.94. The summed E-state index contributed by atoms with van der Waals surface area (Å²) in [5.74, 6) is 0.305. The van der Waals surface area contributed by atoms with Gasteiger partial charge >= 0.3 is 5.91 Å². The minimum atomic E-state index is -0.985. The van der Waals surface area contributed by atoms with E-state index in [0.717, 1.165) is 11.1 Å². The summed E-state index contributed by atoms with van der Waals surface area (Å²) < 4.78 is 18.0. The molecule has 1 aliphatic rings. The van der Waals surface area contributed by atoms with Gasteiger partial charge in [-0.25, -0.2) is 4.98 Å². The van der Waals surface area contributed by atoms with Crippen molar-refractivity contribution in [2.24, 2.45) is 0 Å². The first-order valence-electron chi connectivity index (χ1n) is 12.0. The lowest BCUT2D eigenvalue weighted by Gasteiger charge is -2.20. The van der Waals surface area contributed by atoms with Gasteiger partial charge in [0.2, 0.25) is 0 Å². The lowest BCUT2D eigenvalue weighted by molar-refractivity contribution is -0.132. The molecule has 2 aromatic carbocycles. The first kappa shape index (κ1) is 24.6. The fourth-order valence-corrected chi connectivity index (χ4v) is 5.28. The predicted octanol–water partition coefficient (Wildman–Crippen LogP) is 6.01. The Morgan fingerprint density at radius 1 is 1.08 bits per heavy atom. The van der Waals surface area contributed by atoms with Crippen LogP contribution < -0.4 is 14.4 Å². The summed E-state index contributed by atoms with van der Waals surface area (Å²) in [5.41, 5.74) is 0.965. The fourth-order valence-electron chi connectivity index (χ4n) is 4.26. The molecule has 4 aromatic rings. The average molecular weight is 519 g/mol.